The van der Waals surface area contributed by atoms with E-state index in [9.17, 15) is 10.1 Å². The van der Waals surface area contributed by atoms with Crippen LogP contribution in [0.25, 0.3) is 6.08 Å². The van der Waals surface area contributed by atoms with Crippen LogP contribution in [0.2, 0.25) is 0 Å². The lowest BCUT2D eigenvalue weighted by atomic mass is 9.88. The number of ether oxygens (including phenoxy) is 1. The van der Waals surface area contributed by atoms with Crippen LogP contribution in [0.5, 0.6) is 5.75 Å². The van der Waals surface area contributed by atoms with E-state index in [1.54, 1.807) is 11.3 Å². The lowest BCUT2D eigenvalue weighted by molar-refractivity contribution is -0.113. The van der Waals surface area contributed by atoms with Crippen molar-refractivity contribution < 1.29 is 9.53 Å². The van der Waals surface area contributed by atoms with Gasteiger partial charge in [-0.3, -0.25) is 4.79 Å². The maximum Gasteiger partial charge on any atom is 0.255 e. The molecule has 0 bridgehead atoms. The SMILES string of the molecule is CC1CCc2c(sc(NC(=O)C3=Cc4ccccc4OC3)c2C#N)C1. The van der Waals surface area contributed by atoms with Gasteiger partial charge >= 0.3 is 0 Å². The standard InChI is InChI=1S/C20H18N2O2S/c1-12-6-7-15-16(10-21)20(25-18(15)8-12)22-19(23)14-9-13-4-2-3-5-17(13)24-11-14/h2-5,9,12H,6-8,11H2,1H3,(H,22,23). The predicted octanol–water partition coefficient (Wildman–Crippen LogP) is 4.16. The second-order valence-corrected chi connectivity index (χ2v) is 7.72. The van der Waals surface area contributed by atoms with E-state index >= 15 is 0 Å². The van der Waals surface area contributed by atoms with Crippen LogP contribution in [0.1, 0.15) is 34.9 Å². The number of para-hydroxylation sites is 1. The van der Waals surface area contributed by atoms with Crippen LogP contribution in [0.3, 0.4) is 0 Å². The number of thiophene rings is 1. The molecule has 4 rings (SSSR count). The summed E-state index contributed by atoms with van der Waals surface area (Å²) in [5.41, 5.74) is 3.24. The largest absolute Gasteiger partial charge is 0.488 e. The van der Waals surface area contributed by atoms with Crippen LogP contribution in [0, 0.1) is 17.2 Å². The number of benzene rings is 1. The van der Waals surface area contributed by atoms with Crippen LogP contribution in [0.4, 0.5) is 5.00 Å². The lowest BCUT2D eigenvalue weighted by Gasteiger charge is -2.17. The maximum atomic E-state index is 12.7. The van der Waals surface area contributed by atoms with E-state index in [1.807, 2.05) is 30.3 Å². The number of nitrogens with one attached hydrogen (secondary N) is 1. The van der Waals surface area contributed by atoms with E-state index in [2.05, 4.69) is 18.3 Å². The molecule has 5 heteroatoms. The van der Waals surface area contributed by atoms with Gasteiger partial charge in [-0.25, -0.2) is 0 Å². The van der Waals surface area contributed by atoms with Gasteiger partial charge in [-0.05, 0) is 42.9 Å². The highest BCUT2D eigenvalue weighted by molar-refractivity contribution is 7.16. The molecule has 1 amide bonds. The van der Waals surface area contributed by atoms with Gasteiger partial charge in [0.1, 0.15) is 23.4 Å². The van der Waals surface area contributed by atoms with E-state index in [0.29, 0.717) is 22.1 Å². The van der Waals surface area contributed by atoms with E-state index in [4.69, 9.17) is 4.74 Å². The minimum Gasteiger partial charge on any atom is -0.488 e. The predicted molar refractivity (Wildman–Crippen MR) is 98.8 cm³/mol. The van der Waals surface area contributed by atoms with Gasteiger partial charge in [0, 0.05) is 10.4 Å². The molecule has 2 aliphatic rings. The van der Waals surface area contributed by atoms with Crippen molar-refractivity contribution in [2.75, 3.05) is 11.9 Å². The third-order valence-corrected chi connectivity index (χ3v) is 5.94. The molecule has 1 aromatic carbocycles. The molecular weight excluding hydrogens is 332 g/mol. The van der Waals surface area contributed by atoms with Crippen molar-refractivity contribution in [1.29, 1.82) is 5.26 Å². The number of fused-ring (bicyclic) bond motifs is 2. The number of hydrogen-bond donors (Lipinski definition) is 1. The van der Waals surface area contributed by atoms with Gasteiger partial charge in [-0.2, -0.15) is 5.26 Å². The highest BCUT2D eigenvalue weighted by atomic mass is 32.1. The Morgan fingerprint density at radius 1 is 1.40 bits per heavy atom. The molecule has 1 N–H and O–H groups in total. The quantitative estimate of drug-likeness (QED) is 0.884. The van der Waals surface area contributed by atoms with E-state index in [1.165, 1.54) is 4.88 Å². The van der Waals surface area contributed by atoms with Crippen molar-refractivity contribution in [2.24, 2.45) is 5.92 Å². The van der Waals surface area contributed by atoms with Crippen molar-refractivity contribution in [3.05, 3.63) is 51.4 Å². The Kier molecular flexibility index (Phi) is 4.06. The maximum absolute atomic E-state index is 12.7. The molecule has 25 heavy (non-hydrogen) atoms. The molecule has 1 unspecified atom stereocenters. The molecule has 2 heterocycles. The topological polar surface area (TPSA) is 62.1 Å². The molecule has 0 spiro atoms. The second kappa shape index (κ2) is 6.38. The molecule has 0 saturated carbocycles. The Balaban J connectivity index is 1.60. The third-order valence-electron chi connectivity index (χ3n) is 4.77. The fraction of sp³-hybridized carbons (Fsp3) is 0.300. The van der Waals surface area contributed by atoms with Crippen molar-refractivity contribution in [1.82, 2.24) is 0 Å². The van der Waals surface area contributed by atoms with Crippen LogP contribution in [-0.4, -0.2) is 12.5 Å². The van der Waals surface area contributed by atoms with Crippen LogP contribution < -0.4 is 10.1 Å². The van der Waals surface area contributed by atoms with Crippen molar-refractivity contribution in [2.45, 2.75) is 26.2 Å². The molecule has 1 aromatic heterocycles. The number of carbonyl (C=O) groups excluding carboxylic acids is 1. The Labute approximate surface area is 150 Å². The van der Waals surface area contributed by atoms with E-state index in [-0.39, 0.29) is 12.5 Å². The first-order valence-electron chi connectivity index (χ1n) is 8.44. The third kappa shape index (κ3) is 2.94. The van der Waals surface area contributed by atoms with Crippen LogP contribution >= 0.6 is 11.3 Å². The number of nitriles is 1. The summed E-state index contributed by atoms with van der Waals surface area (Å²) in [5, 5.41) is 13.2. The van der Waals surface area contributed by atoms with E-state index in [0.717, 1.165) is 36.1 Å². The normalized spacial score (nSPS) is 18.2. The molecule has 0 fully saturated rings. The highest BCUT2D eigenvalue weighted by Gasteiger charge is 2.26. The second-order valence-electron chi connectivity index (χ2n) is 6.62. The fourth-order valence-electron chi connectivity index (χ4n) is 3.39. The molecule has 1 atom stereocenters. The monoisotopic (exact) mass is 350 g/mol. The summed E-state index contributed by atoms with van der Waals surface area (Å²) in [7, 11) is 0. The zero-order valence-electron chi connectivity index (χ0n) is 14.0. The molecule has 0 saturated heterocycles. The van der Waals surface area contributed by atoms with Crippen molar-refractivity contribution in [3.63, 3.8) is 0 Å². The number of nitrogens with zero attached hydrogens (tertiary/aromatic N) is 1. The number of amides is 1. The molecule has 0 radical (unpaired) electrons. The van der Waals surface area contributed by atoms with Gasteiger partial charge in [0.05, 0.1) is 11.1 Å². The molecule has 4 nitrogen and oxygen atoms in total. The molecule has 1 aliphatic carbocycles. The highest BCUT2D eigenvalue weighted by Crippen LogP contribution is 2.39. The Hall–Kier alpha value is -2.58. The summed E-state index contributed by atoms with van der Waals surface area (Å²) in [6.45, 7) is 2.47. The molecule has 126 valence electrons. The lowest BCUT2D eigenvalue weighted by Crippen LogP contribution is -2.21. The average Bonchev–Trinajstić information content (AvgIpc) is 2.97. The average molecular weight is 350 g/mol. The van der Waals surface area contributed by atoms with Crippen LogP contribution in [-0.2, 0) is 17.6 Å². The number of carbonyl (C=O) groups is 1. The molecular formula is C20H18N2O2S. The van der Waals surface area contributed by atoms with Gasteiger partial charge in [0.15, 0.2) is 0 Å². The summed E-state index contributed by atoms with van der Waals surface area (Å²) in [5.74, 6) is 1.22. The minimum absolute atomic E-state index is 0.197. The van der Waals surface area contributed by atoms with E-state index < -0.39 is 0 Å². The van der Waals surface area contributed by atoms with Crippen molar-refractivity contribution >= 4 is 28.3 Å². The van der Waals surface area contributed by atoms with Gasteiger partial charge in [0.25, 0.3) is 5.91 Å². The van der Waals surface area contributed by atoms with Crippen molar-refractivity contribution in [3.8, 4) is 11.8 Å². The van der Waals surface area contributed by atoms with Gasteiger partial charge in [-0.1, -0.05) is 25.1 Å². The molecule has 2 aromatic rings. The van der Waals surface area contributed by atoms with Crippen LogP contribution in [0.15, 0.2) is 29.8 Å². The summed E-state index contributed by atoms with van der Waals surface area (Å²) < 4.78 is 5.66. The molecule has 1 aliphatic heterocycles. The zero-order chi connectivity index (χ0) is 17.4. The smallest absolute Gasteiger partial charge is 0.255 e. The first kappa shape index (κ1) is 15.9. The van der Waals surface area contributed by atoms with Gasteiger partial charge in [-0.15, -0.1) is 11.3 Å². The fourth-order valence-corrected chi connectivity index (χ4v) is 4.74. The Bertz CT molecular complexity index is 920. The summed E-state index contributed by atoms with van der Waals surface area (Å²) >= 11 is 1.55. The number of rotatable bonds is 2. The minimum atomic E-state index is -0.197. The van der Waals surface area contributed by atoms with Gasteiger partial charge < -0.3 is 10.1 Å². The summed E-state index contributed by atoms with van der Waals surface area (Å²) in [4.78, 5) is 13.9. The zero-order valence-corrected chi connectivity index (χ0v) is 14.8. The number of hydrogen-bond acceptors (Lipinski definition) is 4. The number of anilines is 1. The first-order valence-corrected chi connectivity index (χ1v) is 9.25. The van der Waals surface area contributed by atoms with Gasteiger partial charge in [0.2, 0.25) is 0 Å². The summed E-state index contributed by atoms with van der Waals surface area (Å²) in [6, 6.07) is 9.93. The Morgan fingerprint density at radius 3 is 3.08 bits per heavy atom. The Morgan fingerprint density at radius 2 is 2.24 bits per heavy atom. The summed E-state index contributed by atoms with van der Waals surface area (Å²) in [6.07, 6.45) is 4.87. The first-order chi connectivity index (χ1) is 12.2.